The van der Waals surface area contributed by atoms with Gasteiger partial charge in [-0.25, -0.2) is 4.79 Å². The third kappa shape index (κ3) is 2.63. The maximum atomic E-state index is 11.7. The number of esters is 1. The van der Waals surface area contributed by atoms with E-state index < -0.39 is 0 Å². The Bertz CT molecular complexity index is 421. The van der Waals surface area contributed by atoms with Gasteiger partial charge in [0.25, 0.3) is 0 Å². The van der Waals surface area contributed by atoms with Crippen molar-refractivity contribution >= 4 is 11.7 Å². The number of ether oxygens (including phenoxy) is 2. The summed E-state index contributed by atoms with van der Waals surface area (Å²) in [6.45, 7) is 1.80. The molecule has 1 aliphatic rings. The van der Waals surface area contributed by atoms with Crippen molar-refractivity contribution in [2.24, 2.45) is 0 Å². The molecule has 0 radical (unpaired) electrons. The Morgan fingerprint density at radius 2 is 2.33 bits per heavy atom. The molecular formula is C13H17NO4. The van der Waals surface area contributed by atoms with Gasteiger partial charge < -0.3 is 19.5 Å². The van der Waals surface area contributed by atoms with Crippen LogP contribution in [0.2, 0.25) is 0 Å². The molecule has 1 heterocycles. The molecule has 18 heavy (non-hydrogen) atoms. The quantitative estimate of drug-likeness (QED) is 0.800. The highest BCUT2D eigenvalue weighted by molar-refractivity contribution is 5.95. The van der Waals surface area contributed by atoms with E-state index in [9.17, 15) is 4.79 Å². The molecule has 1 aromatic rings. The number of hydrogen-bond acceptors (Lipinski definition) is 5. The van der Waals surface area contributed by atoms with Gasteiger partial charge in [0, 0.05) is 13.1 Å². The van der Waals surface area contributed by atoms with Crippen molar-refractivity contribution < 1.29 is 19.4 Å². The van der Waals surface area contributed by atoms with E-state index >= 15 is 0 Å². The fraction of sp³-hybridized carbons (Fsp3) is 0.462. The maximum Gasteiger partial charge on any atom is 0.339 e. The zero-order valence-corrected chi connectivity index (χ0v) is 10.3. The number of benzene rings is 1. The lowest BCUT2D eigenvalue weighted by atomic mass is 10.1. The SMILES string of the molecule is COC(=O)c1ccccc1N1CCOC(CO)C1. The van der Waals surface area contributed by atoms with E-state index in [1.54, 1.807) is 12.1 Å². The van der Waals surface area contributed by atoms with E-state index in [-0.39, 0.29) is 18.7 Å². The number of aliphatic hydroxyl groups is 1. The van der Waals surface area contributed by atoms with Crippen LogP contribution in [-0.4, -0.2) is 50.6 Å². The topological polar surface area (TPSA) is 59.0 Å². The van der Waals surface area contributed by atoms with Gasteiger partial charge in [-0.3, -0.25) is 0 Å². The summed E-state index contributed by atoms with van der Waals surface area (Å²) in [5.74, 6) is -0.349. The van der Waals surface area contributed by atoms with Crippen LogP contribution in [0.1, 0.15) is 10.4 Å². The van der Waals surface area contributed by atoms with Gasteiger partial charge in [-0.1, -0.05) is 12.1 Å². The monoisotopic (exact) mass is 251 g/mol. The number of hydrogen-bond donors (Lipinski definition) is 1. The molecule has 0 aromatic heterocycles. The third-order valence-corrected chi connectivity index (χ3v) is 2.99. The fourth-order valence-electron chi connectivity index (χ4n) is 2.08. The first-order chi connectivity index (χ1) is 8.76. The van der Waals surface area contributed by atoms with Gasteiger partial charge in [-0.05, 0) is 12.1 Å². The first-order valence-electron chi connectivity index (χ1n) is 5.91. The smallest absolute Gasteiger partial charge is 0.339 e. The van der Waals surface area contributed by atoms with Crippen LogP contribution in [-0.2, 0) is 9.47 Å². The second kappa shape index (κ2) is 5.84. The molecule has 1 atom stereocenters. The molecule has 1 aromatic carbocycles. The molecule has 1 aliphatic heterocycles. The van der Waals surface area contributed by atoms with Crippen LogP contribution in [0.3, 0.4) is 0 Å². The number of para-hydroxylation sites is 1. The molecule has 2 rings (SSSR count). The molecule has 0 amide bonds. The van der Waals surface area contributed by atoms with E-state index in [1.807, 2.05) is 17.0 Å². The Morgan fingerprint density at radius 1 is 1.56 bits per heavy atom. The van der Waals surface area contributed by atoms with Crippen molar-refractivity contribution in [2.45, 2.75) is 6.10 Å². The van der Waals surface area contributed by atoms with Crippen LogP contribution in [0.5, 0.6) is 0 Å². The highest BCUT2D eigenvalue weighted by atomic mass is 16.5. The van der Waals surface area contributed by atoms with Gasteiger partial charge >= 0.3 is 5.97 Å². The van der Waals surface area contributed by atoms with Gasteiger partial charge in [-0.2, -0.15) is 0 Å². The lowest BCUT2D eigenvalue weighted by Crippen LogP contribution is -2.44. The largest absolute Gasteiger partial charge is 0.465 e. The van der Waals surface area contributed by atoms with Crippen LogP contribution in [0.4, 0.5) is 5.69 Å². The van der Waals surface area contributed by atoms with E-state index in [0.717, 1.165) is 5.69 Å². The van der Waals surface area contributed by atoms with Crippen LogP contribution in [0, 0.1) is 0 Å². The molecule has 0 bridgehead atoms. The lowest BCUT2D eigenvalue weighted by molar-refractivity contribution is 0.00348. The molecule has 1 N–H and O–H groups in total. The minimum Gasteiger partial charge on any atom is -0.465 e. The predicted octanol–water partition coefficient (Wildman–Crippen LogP) is 0.671. The minimum absolute atomic E-state index is 0.0170. The second-order valence-corrected chi connectivity index (χ2v) is 4.13. The summed E-state index contributed by atoms with van der Waals surface area (Å²) >= 11 is 0. The van der Waals surface area contributed by atoms with Gasteiger partial charge in [-0.15, -0.1) is 0 Å². The number of morpholine rings is 1. The first kappa shape index (κ1) is 12.9. The number of nitrogens with zero attached hydrogens (tertiary/aromatic N) is 1. The van der Waals surface area contributed by atoms with Gasteiger partial charge in [0.2, 0.25) is 0 Å². The van der Waals surface area contributed by atoms with E-state index in [2.05, 4.69) is 0 Å². The number of methoxy groups -OCH3 is 1. The van der Waals surface area contributed by atoms with Crippen LogP contribution in [0.25, 0.3) is 0 Å². The summed E-state index contributed by atoms with van der Waals surface area (Å²) in [4.78, 5) is 13.7. The Kier molecular flexibility index (Phi) is 4.17. The second-order valence-electron chi connectivity index (χ2n) is 4.13. The van der Waals surface area contributed by atoms with E-state index in [0.29, 0.717) is 25.3 Å². The summed E-state index contributed by atoms with van der Waals surface area (Å²) in [7, 11) is 1.37. The number of carbonyl (C=O) groups is 1. The number of anilines is 1. The summed E-state index contributed by atoms with van der Waals surface area (Å²) in [6.07, 6.45) is -0.204. The summed E-state index contributed by atoms with van der Waals surface area (Å²) < 4.78 is 10.2. The zero-order valence-electron chi connectivity index (χ0n) is 10.3. The Labute approximate surface area is 106 Å². The van der Waals surface area contributed by atoms with Crippen molar-refractivity contribution in [3.05, 3.63) is 29.8 Å². The molecular weight excluding hydrogens is 234 g/mol. The highest BCUT2D eigenvalue weighted by Gasteiger charge is 2.23. The molecule has 0 saturated carbocycles. The average molecular weight is 251 g/mol. The number of carbonyl (C=O) groups excluding carboxylic acids is 1. The molecule has 1 fully saturated rings. The van der Waals surface area contributed by atoms with Gasteiger partial charge in [0.1, 0.15) is 0 Å². The standard InChI is InChI=1S/C13H17NO4/c1-17-13(16)11-4-2-3-5-12(11)14-6-7-18-10(8-14)9-15/h2-5,10,15H,6-9H2,1H3. The lowest BCUT2D eigenvalue weighted by Gasteiger charge is -2.34. The molecule has 1 saturated heterocycles. The molecule has 1 unspecified atom stereocenters. The minimum atomic E-state index is -0.349. The average Bonchev–Trinajstić information content (AvgIpc) is 2.46. The Balaban J connectivity index is 2.24. The Hall–Kier alpha value is -1.59. The Morgan fingerprint density at radius 3 is 3.06 bits per heavy atom. The van der Waals surface area contributed by atoms with Crippen molar-refractivity contribution in [3.8, 4) is 0 Å². The summed E-state index contributed by atoms with van der Waals surface area (Å²) in [6, 6.07) is 7.31. The van der Waals surface area contributed by atoms with Crippen molar-refractivity contribution in [2.75, 3.05) is 38.3 Å². The third-order valence-electron chi connectivity index (χ3n) is 2.99. The molecule has 5 heteroatoms. The highest BCUT2D eigenvalue weighted by Crippen LogP contribution is 2.23. The van der Waals surface area contributed by atoms with Crippen molar-refractivity contribution in [1.82, 2.24) is 0 Å². The summed E-state index contributed by atoms with van der Waals surface area (Å²) in [5.41, 5.74) is 1.37. The number of rotatable bonds is 3. The van der Waals surface area contributed by atoms with E-state index in [4.69, 9.17) is 14.6 Å². The predicted molar refractivity (Wildman–Crippen MR) is 66.8 cm³/mol. The normalized spacial score (nSPS) is 19.7. The molecule has 0 spiro atoms. The summed E-state index contributed by atoms with van der Waals surface area (Å²) in [5, 5.41) is 9.14. The van der Waals surface area contributed by atoms with Gasteiger partial charge in [0.05, 0.1) is 37.7 Å². The fourth-order valence-corrected chi connectivity index (χ4v) is 2.08. The van der Waals surface area contributed by atoms with Gasteiger partial charge in [0.15, 0.2) is 0 Å². The van der Waals surface area contributed by atoms with Crippen molar-refractivity contribution in [1.29, 1.82) is 0 Å². The first-order valence-corrected chi connectivity index (χ1v) is 5.91. The van der Waals surface area contributed by atoms with Crippen molar-refractivity contribution in [3.63, 3.8) is 0 Å². The van der Waals surface area contributed by atoms with Crippen LogP contribution < -0.4 is 4.90 Å². The molecule has 5 nitrogen and oxygen atoms in total. The molecule has 98 valence electrons. The maximum absolute atomic E-state index is 11.7. The zero-order chi connectivity index (χ0) is 13.0. The van der Waals surface area contributed by atoms with Crippen LogP contribution >= 0.6 is 0 Å². The number of aliphatic hydroxyl groups excluding tert-OH is 1. The van der Waals surface area contributed by atoms with E-state index in [1.165, 1.54) is 7.11 Å². The van der Waals surface area contributed by atoms with Crippen LogP contribution in [0.15, 0.2) is 24.3 Å². The molecule has 0 aliphatic carbocycles.